The van der Waals surface area contributed by atoms with Gasteiger partial charge in [0.2, 0.25) is 10.0 Å². The lowest BCUT2D eigenvalue weighted by Gasteiger charge is -2.14. The van der Waals surface area contributed by atoms with Crippen molar-refractivity contribution in [1.82, 2.24) is 14.9 Å². The van der Waals surface area contributed by atoms with Gasteiger partial charge in [-0.2, -0.15) is 0 Å². The number of hydrogen-bond acceptors (Lipinski definition) is 5. The molecule has 1 aromatic rings. The minimum atomic E-state index is -3.39. The molecule has 0 aliphatic heterocycles. The molecule has 120 valence electrons. The Labute approximate surface area is 131 Å². The molecule has 0 aromatic carbocycles. The van der Waals surface area contributed by atoms with Gasteiger partial charge in [-0.25, -0.2) is 13.1 Å². The third-order valence-corrected chi connectivity index (χ3v) is 6.45. The Kier molecular flexibility index (Phi) is 5.79. The number of nitrogens with one attached hydrogen (secondary N) is 2. The molecular weight excluding hydrogens is 306 g/mol. The lowest BCUT2D eigenvalue weighted by Crippen LogP contribution is -2.33. The number of sulfonamides is 1. The average Bonchev–Trinajstić information content (AvgIpc) is 3.18. The molecule has 0 saturated heterocycles. The highest BCUT2D eigenvalue weighted by atomic mass is 32.2. The van der Waals surface area contributed by atoms with E-state index in [1.165, 1.54) is 12.8 Å². The van der Waals surface area contributed by atoms with Gasteiger partial charge in [0.05, 0.1) is 4.90 Å². The highest BCUT2D eigenvalue weighted by Crippen LogP contribution is 2.27. The van der Waals surface area contributed by atoms with Gasteiger partial charge in [-0.1, -0.05) is 6.92 Å². The predicted molar refractivity (Wildman–Crippen MR) is 87.3 cm³/mol. The Bertz CT molecular complexity index is 565. The van der Waals surface area contributed by atoms with Crippen LogP contribution in [0.3, 0.4) is 0 Å². The standard InChI is InChI=1S/C14H25N3O2S2/c1-4-17(3)8-7-16-21(18,19)14-9-13(20-11(14)2)10-15-12-5-6-12/h9,12,15-16H,4-8,10H2,1-3H3. The van der Waals surface area contributed by atoms with Crippen molar-refractivity contribution in [3.63, 3.8) is 0 Å². The molecule has 5 nitrogen and oxygen atoms in total. The summed E-state index contributed by atoms with van der Waals surface area (Å²) in [5.74, 6) is 0. The van der Waals surface area contributed by atoms with Crippen LogP contribution in [0.25, 0.3) is 0 Å². The summed E-state index contributed by atoms with van der Waals surface area (Å²) in [7, 11) is -1.41. The average molecular weight is 332 g/mol. The van der Waals surface area contributed by atoms with Crippen LogP contribution in [0.15, 0.2) is 11.0 Å². The van der Waals surface area contributed by atoms with E-state index in [4.69, 9.17) is 0 Å². The topological polar surface area (TPSA) is 61.4 Å². The van der Waals surface area contributed by atoms with E-state index in [2.05, 4.69) is 21.9 Å². The molecule has 1 saturated carbocycles. The number of rotatable bonds is 9. The number of aryl methyl sites for hydroxylation is 1. The van der Waals surface area contributed by atoms with Crippen LogP contribution < -0.4 is 10.0 Å². The Morgan fingerprint density at radius 1 is 1.43 bits per heavy atom. The zero-order valence-electron chi connectivity index (χ0n) is 13.0. The Hall–Kier alpha value is -0.470. The molecule has 1 heterocycles. The maximum atomic E-state index is 12.3. The molecule has 0 atom stereocenters. The molecule has 0 radical (unpaired) electrons. The first-order valence-corrected chi connectivity index (χ1v) is 9.73. The zero-order valence-corrected chi connectivity index (χ0v) is 14.6. The second kappa shape index (κ2) is 7.19. The zero-order chi connectivity index (χ0) is 15.5. The molecular formula is C14H25N3O2S2. The van der Waals surface area contributed by atoms with E-state index in [1.54, 1.807) is 17.4 Å². The van der Waals surface area contributed by atoms with Crippen molar-refractivity contribution in [2.75, 3.05) is 26.7 Å². The van der Waals surface area contributed by atoms with Crippen molar-refractivity contribution >= 4 is 21.4 Å². The number of nitrogens with zero attached hydrogens (tertiary/aromatic N) is 1. The number of likely N-dealkylation sites (N-methyl/N-ethyl adjacent to an activating group) is 1. The van der Waals surface area contributed by atoms with Gasteiger partial charge in [-0.05, 0) is 39.4 Å². The SMILES string of the molecule is CCN(C)CCNS(=O)(=O)c1cc(CNC2CC2)sc1C. The van der Waals surface area contributed by atoms with E-state index < -0.39 is 10.0 Å². The van der Waals surface area contributed by atoms with Crippen LogP contribution in [0.4, 0.5) is 0 Å². The second-order valence-electron chi connectivity index (χ2n) is 5.58. The largest absolute Gasteiger partial charge is 0.309 e. The molecule has 0 amide bonds. The molecule has 7 heteroatoms. The first-order valence-electron chi connectivity index (χ1n) is 7.43. The molecule has 1 aliphatic carbocycles. The van der Waals surface area contributed by atoms with Crippen molar-refractivity contribution in [3.05, 3.63) is 15.8 Å². The van der Waals surface area contributed by atoms with Crippen LogP contribution in [-0.2, 0) is 16.6 Å². The third-order valence-electron chi connectivity index (χ3n) is 3.68. The maximum Gasteiger partial charge on any atom is 0.241 e. The third kappa shape index (κ3) is 5.03. The smallest absolute Gasteiger partial charge is 0.241 e. The molecule has 0 bridgehead atoms. The fourth-order valence-corrected chi connectivity index (χ4v) is 4.62. The summed E-state index contributed by atoms with van der Waals surface area (Å²) in [6.07, 6.45) is 2.48. The Morgan fingerprint density at radius 3 is 2.76 bits per heavy atom. The summed E-state index contributed by atoms with van der Waals surface area (Å²) in [5, 5.41) is 3.42. The molecule has 1 aliphatic rings. The molecule has 0 spiro atoms. The number of thiophene rings is 1. The Balaban J connectivity index is 1.94. The molecule has 0 unspecified atom stereocenters. The lowest BCUT2D eigenvalue weighted by molar-refractivity contribution is 0.358. The normalized spacial score (nSPS) is 15.8. The summed E-state index contributed by atoms with van der Waals surface area (Å²) in [5.41, 5.74) is 0. The second-order valence-corrected chi connectivity index (χ2v) is 8.66. The van der Waals surface area contributed by atoms with Gasteiger partial charge in [0.15, 0.2) is 0 Å². The van der Waals surface area contributed by atoms with E-state index in [0.29, 0.717) is 17.5 Å². The van der Waals surface area contributed by atoms with Gasteiger partial charge < -0.3 is 10.2 Å². The summed E-state index contributed by atoms with van der Waals surface area (Å²) in [6.45, 7) is 6.77. The van der Waals surface area contributed by atoms with Crippen LogP contribution >= 0.6 is 11.3 Å². The van der Waals surface area contributed by atoms with Crippen molar-refractivity contribution < 1.29 is 8.42 Å². The quantitative estimate of drug-likeness (QED) is 0.720. The monoisotopic (exact) mass is 331 g/mol. The maximum absolute atomic E-state index is 12.3. The molecule has 21 heavy (non-hydrogen) atoms. The van der Waals surface area contributed by atoms with Crippen molar-refractivity contribution in [3.8, 4) is 0 Å². The van der Waals surface area contributed by atoms with Crippen LogP contribution in [-0.4, -0.2) is 46.0 Å². The summed E-state index contributed by atoms with van der Waals surface area (Å²) in [6, 6.07) is 2.44. The van der Waals surface area contributed by atoms with Crippen LogP contribution in [0.1, 0.15) is 29.5 Å². The molecule has 2 rings (SSSR count). The van der Waals surface area contributed by atoms with Crippen molar-refractivity contribution in [1.29, 1.82) is 0 Å². The summed E-state index contributed by atoms with van der Waals surface area (Å²) < 4.78 is 27.4. The fraction of sp³-hybridized carbons (Fsp3) is 0.714. The minimum Gasteiger partial charge on any atom is -0.309 e. The van der Waals surface area contributed by atoms with Gasteiger partial charge in [-0.3, -0.25) is 0 Å². The lowest BCUT2D eigenvalue weighted by atomic mass is 10.4. The first kappa shape index (κ1) is 16.9. The van der Waals surface area contributed by atoms with Crippen LogP contribution in [0.5, 0.6) is 0 Å². The van der Waals surface area contributed by atoms with Gasteiger partial charge >= 0.3 is 0 Å². The molecule has 2 N–H and O–H groups in total. The Morgan fingerprint density at radius 2 is 2.14 bits per heavy atom. The van der Waals surface area contributed by atoms with Crippen molar-refractivity contribution in [2.24, 2.45) is 0 Å². The van der Waals surface area contributed by atoms with Gasteiger partial charge in [0, 0.05) is 35.4 Å². The summed E-state index contributed by atoms with van der Waals surface area (Å²) >= 11 is 1.56. The minimum absolute atomic E-state index is 0.430. The van der Waals surface area contributed by atoms with Crippen LogP contribution in [0.2, 0.25) is 0 Å². The summed E-state index contributed by atoms with van der Waals surface area (Å²) in [4.78, 5) is 4.46. The molecule has 1 aromatic heterocycles. The van der Waals surface area contributed by atoms with Gasteiger partial charge in [0.1, 0.15) is 0 Å². The van der Waals surface area contributed by atoms with Gasteiger partial charge in [-0.15, -0.1) is 11.3 Å². The van der Waals surface area contributed by atoms with E-state index >= 15 is 0 Å². The highest BCUT2D eigenvalue weighted by molar-refractivity contribution is 7.89. The molecule has 1 fully saturated rings. The van der Waals surface area contributed by atoms with E-state index in [0.717, 1.165) is 29.4 Å². The highest BCUT2D eigenvalue weighted by Gasteiger charge is 2.22. The van der Waals surface area contributed by atoms with E-state index in [-0.39, 0.29) is 0 Å². The van der Waals surface area contributed by atoms with Crippen molar-refractivity contribution in [2.45, 2.75) is 44.2 Å². The van der Waals surface area contributed by atoms with Crippen LogP contribution in [0, 0.1) is 6.92 Å². The van der Waals surface area contributed by atoms with E-state index in [1.807, 2.05) is 14.0 Å². The fourth-order valence-electron chi connectivity index (χ4n) is 2.02. The first-order chi connectivity index (χ1) is 9.92. The van der Waals surface area contributed by atoms with E-state index in [9.17, 15) is 8.42 Å². The predicted octanol–water partition coefficient (Wildman–Crippen LogP) is 1.54. The van der Waals surface area contributed by atoms with Gasteiger partial charge in [0.25, 0.3) is 0 Å². The number of hydrogen-bond donors (Lipinski definition) is 2.